The monoisotopic (exact) mass is 331 g/mol. The highest BCUT2D eigenvalue weighted by molar-refractivity contribution is 7.13. The van der Waals surface area contributed by atoms with Crippen LogP contribution in [0, 0.1) is 39.7 Å². The van der Waals surface area contributed by atoms with Gasteiger partial charge in [-0.15, -0.1) is 0 Å². The zero-order chi connectivity index (χ0) is 16.7. The molecule has 3 heterocycles. The van der Waals surface area contributed by atoms with Gasteiger partial charge in [-0.1, -0.05) is 11.3 Å². The summed E-state index contributed by atoms with van der Waals surface area (Å²) < 4.78 is 10.3. The van der Waals surface area contributed by atoms with Crippen LogP contribution < -0.4 is 10.4 Å². The number of nitrogens with zero attached hydrogens (tertiary/aromatic N) is 2. The second kappa shape index (κ2) is 5.33. The van der Waals surface area contributed by atoms with E-state index in [1.54, 1.807) is 6.92 Å². The average molecular weight is 331 g/mol. The molecule has 2 aromatic rings. The molecule has 0 fully saturated rings. The molecule has 2 atom stereocenters. The van der Waals surface area contributed by atoms with Crippen molar-refractivity contribution in [1.82, 2.24) is 0 Å². The summed E-state index contributed by atoms with van der Waals surface area (Å²) in [6.07, 6.45) is 0. The molecule has 0 saturated carbocycles. The molecular formula is C14H9N3O5S. The second-order valence-corrected chi connectivity index (χ2v) is 5.84. The van der Waals surface area contributed by atoms with E-state index in [2.05, 4.69) is 0 Å². The van der Waals surface area contributed by atoms with Crippen molar-refractivity contribution in [3.05, 3.63) is 54.9 Å². The van der Waals surface area contributed by atoms with E-state index < -0.39 is 22.4 Å². The predicted molar refractivity (Wildman–Crippen MR) is 80.0 cm³/mol. The smallest absolute Gasteiger partial charge is 0.343 e. The summed E-state index contributed by atoms with van der Waals surface area (Å²) in [5, 5.41) is 29.5. The van der Waals surface area contributed by atoms with Crippen LogP contribution in [0.2, 0.25) is 0 Å². The van der Waals surface area contributed by atoms with Gasteiger partial charge < -0.3 is 9.15 Å². The maximum absolute atomic E-state index is 12.2. The van der Waals surface area contributed by atoms with Gasteiger partial charge in [-0.3, -0.25) is 15.5 Å². The van der Waals surface area contributed by atoms with Crippen LogP contribution in [0.15, 0.2) is 26.7 Å². The van der Waals surface area contributed by atoms with Crippen LogP contribution in [0.3, 0.4) is 0 Å². The fourth-order valence-corrected chi connectivity index (χ4v) is 3.31. The predicted octanol–water partition coefficient (Wildman–Crippen LogP) is 2.56. The maximum Gasteiger partial charge on any atom is 0.343 e. The van der Waals surface area contributed by atoms with Crippen molar-refractivity contribution in [2.24, 2.45) is 5.92 Å². The number of rotatable bonds is 2. The standard InChI is InChI=1S/C14H9N3O5S/c1-6-2-9-12(14(18)21-6)11(8(4-15)13(16)22-9)7-3-10(17(19)20)23-5-7/h2-3,5,8,11,16H,1H3. The molecule has 0 amide bonds. The fraction of sp³-hybridized carbons (Fsp3) is 0.214. The van der Waals surface area contributed by atoms with Crippen molar-refractivity contribution >= 4 is 22.2 Å². The van der Waals surface area contributed by atoms with E-state index >= 15 is 0 Å². The van der Waals surface area contributed by atoms with Crippen LogP contribution in [-0.4, -0.2) is 10.8 Å². The zero-order valence-corrected chi connectivity index (χ0v) is 12.5. The van der Waals surface area contributed by atoms with E-state index in [0.717, 1.165) is 11.3 Å². The van der Waals surface area contributed by atoms with E-state index in [9.17, 15) is 20.2 Å². The lowest BCUT2D eigenvalue weighted by Gasteiger charge is -2.28. The Balaban J connectivity index is 2.24. The molecule has 0 bridgehead atoms. The normalized spacial score (nSPS) is 19.6. The molecule has 116 valence electrons. The van der Waals surface area contributed by atoms with E-state index in [1.165, 1.54) is 17.5 Å². The van der Waals surface area contributed by atoms with Gasteiger partial charge in [0.25, 0.3) is 0 Å². The Kier molecular flexibility index (Phi) is 3.46. The number of nitrogens with one attached hydrogen (secondary N) is 1. The summed E-state index contributed by atoms with van der Waals surface area (Å²) in [4.78, 5) is 22.6. The van der Waals surface area contributed by atoms with Crippen molar-refractivity contribution in [1.29, 1.82) is 10.7 Å². The largest absolute Gasteiger partial charge is 0.441 e. The van der Waals surface area contributed by atoms with Crippen molar-refractivity contribution in [3.63, 3.8) is 0 Å². The van der Waals surface area contributed by atoms with Crippen LogP contribution in [0.25, 0.3) is 0 Å². The second-order valence-electron chi connectivity index (χ2n) is 4.95. The molecule has 1 aliphatic heterocycles. The van der Waals surface area contributed by atoms with Gasteiger partial charge in [0.2, 0.25) is 5.90 Å². The molecule has 0 saturated heterocycles. The number of hydrogen-bond donors (Lipinski definition) is 1. The number of fused-ring (bicyclic) bond motifs is 1. The summed E-state index contributed by atoms with van der Waals surface area (Å²) in [7, 11) is 0. The Morgan fingerprint density at radius 3 is 2.83 bits per heavy atom. The van der Waals surface area contributed by atoms with Gasteiger partial charge >= 0.3 is 10.6 Å². The van der Waals surface area contributed by atoms with Gasteiger partial charge in [-0.2, -0.15) is 5.26 Å². The molecule has 0 aromatic carbocycles. The molecule has 2 unspecified atom stereocenters. The van der Waals surface area contributed by atoms with Gasteiger partial charge in [0.05, 0.1) is 16.6 Å². The topological polar surface area (TPSA) is 130 Å². The molecule has 0 radical (unpaired) electrons. The minimum absolute atomic E-state index is 0.103. The maximum atomic E-state index is 12.2. The first-order valence-electron chi connectivity index (χ1n) is 6.45. The Morgan fingerprint density at radius 2 is 2.22 bits per heavy atom. The lowest BCUT2D eigenvalue weighted by molar-refractivity contribution is -0.380. The lowest BCUT2D eigenvalue weighted by Crippen LogP contribution is -2.34. The minimum atomic E-state index is -1.05. The fourth-order valence-electron chi connectivity index (χ4n) is 2.55. The summed E-state index contributed by atoms with van der Waals surface area (Å²) in [6.45, 7) is 1.56. The molecule has 23 heavy (non-hydrogen) atoms. The number of hydrogen-bond acceptors (Lipinski definition) is 8. The molecule has 8 nitrogen and oxygen atoms in total. The van der Waals surface area contributed by atoms with Gasteiger partial charge in [-0.25, -0.2) is 4.79 Å². The summed E-state index contributed by atoms with van der Waals surface area (Å²) >= 11 is 0.896. The highest BCUT2D eigenvalue weighted by atomic mass is 32.1. The Morgan fingerprint density at radius 1 is 1.48 bits per heavy atom. The first kappa shape index (κ1) is 14.9. The van der Waals surface area contributed by atoms with Crippen LogP contribution >= 0.6 is 11.3 Å². The molecule has 3 rings (SSSR count). The number of aryl methyl sites for hydroxylation is 1. The van der Waals surface area contributed by atoms with Crippen molar-refractivity contribution in [2.45, 2.75) is 12.8 Å². The first-order valence-corrected chi connectivity index (χ1v) is 7.33. The zero-order valence-electron chi connectivity index (χ0n) is 11.7. The van der Waals surface area contributed by atoms with Crippen LogP contribution in [0.4, 0.5) is 5.00 Å². The van der Waals surface area contributed by atoms with E-state index in [0.29, 0.717) is 11.3 Å². The van der Waals surface area contributed by atoms with Crippen LogP contribution in [-0.2, 0) is 0 Å². The van der Waals surface area contributed by atoms with Gasteiger partial charge in [0.15, 0.2) is 0 Å². The highest BCUT2D eigenvalue weighted by Gasteiger charge is 2.40. The molecule has 0 aliphatic carbocycles. The molecule has 1 N–H and O–H groups in total. The molecule has 2 aromatic heterocycles. The highest BCUT2D eigenvalue weighted by Crippen LogP contribution is 2.42. The SMILES string of the molecule is Cc1cc2c(c(=O)o1)C(c1csc([N+](=O)[O-])c1)C(C#N)C(=N)O2. The summed E-state index contributed by atoms with van der Waals surface area (Å²) in [5.74, 6) is -1.73. The van der Waals surface area contributed by atoms with Crippen molar-refractivity contribution in [3.8, 4) is 11.8 Å². The number of nitriles is 1. The summed E-state index contributed by atoms with van der Waals surface area (Å²) in [6, 6.07) is 4.70. The lowest BCUT2D eigenvalue weighted by atomic mass is 9.81. The number of nitro groups is 1. The van der Waals surface area contributed by atoms with E-state index in [1.807, 2.05) is 6.07 Å². The van der Waals surface area contributed by atoms with Gasteiger partial charge in [0.1, 0.15) is 17.4 Å². The number of ether oxygens (including phenoxy) is 1. The van der Waals surface area contributed by atoms with Gasteiger partial charge in [-0.05, 0) is 12.5 Å². The third kappa shape index (κ3) is 2.39. The number of thiophene rings is 1. The van der Waals surface area contributed by atoms with Crippen LogP contribution in [0.1, 0.15) is 22.8 Å². The summed E-state index contributed by atoms with van der Waals surface area (Å²) in [5.41, 5.74) is -0.156. The third-order valence-corrected chi connectivity index (χ3v) is 4.40. The van der Waals surface area contributed by atoms with Gasteiger partial charge in [0, 0.05) is 23.4 Å². The minimum Gasteiger partial charge on any atom is -0.441 e. The molecular weight excluding hydrogens is 322 g/mol. The third-order valence-electron chi connectivity index (χ3n) is 3.50. The van der Waals surface area contributed by atoms with E-state index in [4.69, 9.17) is 14.6 Å². The molecule has 9 heteroatoms. The van der Waals surface area contributed by atoms with Crippen molar-refractivity contribution < 1.29 is 14.1 Å². The first-order chi connectivity index (χ1) is 10.9. The average Bonchev–Trinajstić information content (AvgIpc) is 2.95. The Bertz CT molecular complexity index is 923. The van der Waals surface area contributed by atoms with Crippen LogP contribution in [0.5, 0.6) is 5.75 Å². The molecule has 1 aliphatic rings. The molecule has 0 spiro atoms. The quantitative estimate of drug-likeness (QED) is 0.664. The Labute approximate surface area is 133 Å². The Hall–Kier alpha value is -2.99. The van der Waals surface area contributed by atoms with E-state index in [-0.39, 0.29) is 22.2 Å². The van der Waals surface area contributed by atoms with Crippen molar-refractivity contribution in [2.75, 3.05) is 0 Å².